The summed E-state index contributed by atoms with van der Waals surface area (Å²) in [6.07, 6.45) is 6.32. The lowest BCUT2D eigenvalue weighted by Gasteiger charge is -2.32. The van der Waals surface area contributed by atoms with Gasteiger partial charge in [-0.2, -0.15) is 0 Å². The third kappa shape index (κ3) is 3.91. The molecule has 0 saturated heterocycles. The van der Waals surface area contributed by atoms with Crippen molar-refractivity contribution in [3.63, 3.8) is 0 Å². The van der Waals surface area contributed by atoms with Crippen molar-refractivity contribution in [1.82, 2.24) is 19.9 Å². The highest BCUT2D eigenvalue weighted by molar-refractivity contribution is 5.70. The quantitative estimate of drug-likeness (QED) is 0.572. The van der Waals surface area contributed by atoms with E-state index in [2.05, 4.69) is 37.4 Å². The average molecular weight is 434 g/mol. The van der Waals surface area contributed by atoms with Crippen molar-refractivity contribution >= 4 is 23.0 Å². The van der Waals surface area contributed by atoms with Crippen LogP contribution < -0.4 is 20.3 Å². The smallest absolute Gasteiger partial charge is 0.237 e. The molecule has 0 aliphatic carbocycles. The molecule has 0 unspecified atom stereocenters. The largest absolute Gasteiger partial charge is 0.474 e. The molecule has 9 heteroatoms. The van der Waals surface area contributed by atoms with Crippen LogP contribution in [0.4, 0.5) is 23.0 Å². The zero-order chi connectivity index (χ0) is 22.3. The molecule has 5 rings (SSSR count). The van der Waals surface area contributed by atoms with Crippen LogP contribution in [0.25, 0.3) is 0 Å². The van der Waals surface area contributed by atoms with Crippen LogP contribution in [0.5, 0.6) is 5.88 Å². The van der Waals surface area contributed by atoms with Crippen molar-refractivity contribution in [1.29, 1.82) is 0 Å². The minimum absolute atomic E-state index is 0.522. The van der Waals surface area contributed by atoms with E-state index in [1.807, 2.05) is 24.5 Å². The summed E-state index contributed by atoms with van der Waals surface area (Å²) in [6.45, 7) is 8.50. The van der Waals surface area contributed by atoms with Gasteiger partial charge in [0.2, 0.25) is 11.8 Å². The molecule has 3 aromatic heterocycles. The standard InChI is InChI=1S/C23H27N7O2/c1-14-18(12-26-21-20(14)25-7-9-32-21)30-8-5-15-11-27-22(29-17(15)13-30)28-16-4-6-24-19(10-16)23(2,3)31/h4,6,10-12,25,31H,5,7-9,13H2,1-3H3,(H,24,27,28,29). The zero-order valence-corrected chi connectivity index (χ0v) is 18.5. The van der Waals surface area contributed by atoms with Gasteiger partial charge in [-0.15, -0.1) is 0 Å². The van der Waals surface area contributed by atoms with Crippen molar-refractivity contribution in [3.8, 4) is 5.88 Å². The van der Waals surface area contributed by atoms with E-state index in [9.17, 15) is 5.11 Å². The number of fused-ring (bicyclic) bond motifs is 2. The van der Waals surface area contributed by atoms with Crippen molar-refractivity contribution in [2.45, 2.75) is 39.3 Å². The third-order valence-corrected chi connectivity index (χ3v) is 5.85. The lowest BCUT2D eigenvalue weighted by atomic mass is 10.0. The molecule has 5 heterocycles. The van der Waals surface area contributed by atoms with Crippen molar-refractivity contribution in [3.05, 3.63) is 53.2 Å². The van der Waals surface area contributed by atoms with Crippen LogP contribution in [0.2, 0.25) is 0 Å². The van der Waals surface area contributed by atoms with Crippen LogP contribution in [-0.4, -0.2) is 44.7 Å². The van der Waals surface area contributed by atoms with Gasteiger partial charge in [-0.1, -0.05) is 0 Å². The molecule has 0 radical (unpaired) electrons. The fraction of sp³-hybridized carbons (Fsp3) is 0.391. The monoisotopic (exact) mass is 433 g/mol. The Bertz CT molecular complexity index is 1160. The molecule has 3 aromatic rings. The molecule has 2 aliphatic rings. The summed E-state index contributed by atoms with van der Waals surface area (Å²) < 4.78 is 5.66. The first-order valence-electron chi connectivity index (χ1n) is 10.8. The van der Waals surface area contributed by atoms with Gasteiger partial charge in [0.25, 0.3) is 0 Å². The molecule has 0 fully saturated rings. The van der Waals surface area contributed by atoms with Gasteiger partial charge in [-0.3, -0.25) is 4.98 Å². The highest BCUT2D eigenvalue weighted by Gasteiger charge is 2.24. The Balaban J connectivity index is 1.38. The minimum Gasteiger partial charge on any atom is -0.474 e. The normalized spacial score (nSPS) is 15.3. The molecule has 0 saturated carbocycles. The van der Waals surface area contributed by atoms with E-state index in [1.54, 1.807) is 20.0 Å². The summed E-state index contributed by atoms with van der Waals surface area (Å²) in [5.74, 6) is 1.19. The molecule has 3 N–H and O–H groups in total. The molecule has 166 valence electrons. The molecule has 32 heavy (non-hydrogen) atoms. The Morgan fingerprint density at radius 3 is 2.94 bits per heavy atom. The minimum atomic E-state index is -1.02. The molecule has 2 aliphatic heterocycles. The van der Waals surface area contributed by atoms with E-state index in [0.29, 0.717) is 30.7 Å². The Hall–Kier alpha value is -3.46. The average Bonchev–Trinajstić information content (AvgIpc) is 2.79. The summed E-state index contributed by atoms with van der Waals surface area (Å²) in [6, 6.07) is 3.65. The summed E-state index contributed by atoms with van der Waals surface area (Å²) in [5, 5.41) is 16.9. The van der Waals surface area contributed by atoms with E-state index >= 15 is 0 Å². The van der Waals surface area contributed by atoms with E-state index in [4.69, 9.17) is 9.72 Å². The molecule has 0 amide bonds. The molecule has 0 bridgehead atoms. The molecule has 0 aromatic carbocycles. The number of nitrogens with zero attached hydrogens (tertiary/aromatic N) is 5. The van der Waals surface area contributed by atoms with Gasteiger partial charge >= 0.3 is 0 Å². The zero-order valence-electron chi connectivity index (χ0n) is 18.5. The second-order valence-electron chi connectivity index (χ2n) is 8.67. The van der Waals surface area contributed by atoms with Crippen LogP contribution in [0, 0.1) is 6.92 Å². The predicted molar refractivity (Wildman–Crippen MR) is 123 cm³/mol. The van der Waals surface area contributed by atoms with Gasteiger partial charge in [0.05, 0.1) is 29.8 Å². The number of aromatic nitrogens is 4. The summed E-state index contributed by atoms with van der Waals surface area (Å²) in [7, 11) is 0. The fourth-order valence-electron chi connectivity index (χ4n) is 4.07. The number of anilines is 4. The van der Waals surface area contributed by atoms with E-state index in [1.165, 1.54) is 0 Å². The highest BCUT2D eigenvalue weighted by atomic mass is 16.5. The number of nitrogens with one attached hydrogen (secondary N) is 2. The third-order valence-electron chi connectivity index (χ3n) is 5.85. The van der Waals surface area contributed by atoms with Crippen molar-refractivity contribution in [2.75, 3.05) is 35.2 Å². The topological polar surface area (TPSA) is 108 Å². The van der Waals surface area contributed by atoms with Gasteiger partial charge in [-0.05, 0) is 44.9 Å². The number of pyridine rings is 2. The number of hydrogen-bond acceptors (Lipinski definition) is 9. The van der Waals surface area contributed by atoms with Gasteiger partial charge in [0, 0.05) is 36.7 Å². The maximum atomic E-state index is 10.2. The Morgan fingerprint density at radius 1 is 1.22 bits per heavy atom. The second-order valence-corrected chi connectivity index (χ2v) is 8.67. The number of hydrogen-bond donors (Lipinski definition) is 3. The SMILES string of the molecule is Cc1c(N2CCc3cnc(Nc4ccnc(C(C)(C)O)c4)nc3C2)cnc2c1NCCO2. The maximum absolute atomic E-state index is 10.2. The first-order chi connectivity index (χ1) is 15.4. The van der Waals surface area contributed by atoms with Gasteiger partial charge in [-0.25, -0.2) is 15.0 Å². The number of aliphatic hydroxyl groups is 1. The summed E-state index contributed by atoms with van der Waals surface area (Å²) >= 11 is 0. The summed E-state index contributed by atoms with van der Waals surface area (Å²) in [4.78, 5) is 20.3. The molecule has 9 nitrogen and oxygen atoms in total. The molecule has 0 atom stereocenters. The Labute approximate surface area is 186 Å². The lowest BCUT2D eigenvalue weighted by Crippen LogP contribution is -2.32. The first-order valence-corrected chi connectivity index (χ1v) is 10.8. The second kappa shape index (κ2) is 7.90. The van der Waals surface area contributed by atoms with E-state index in [0.717, 1.165) is 53.4 Å². The Morgan fingerprint density at radius 2 is 2.09 bits per heavy atom. The van der Waals surface area contributed by atoms with E-state index in [-0.39, 0.29) is 0 Å². The maximum Gasteiger partial charge on any atom is 0.237 e. The first kappa shape index (κ1) is 20.4. The number of rotatable bonds is 4. The number of ether oxygens (including phenoxy) is 1. The van der Waals surface area contributed by atoms with Crippen LogP contribution in [0.3, 0.4) is 0 Å². The predicted octanol–water partition coefficient (Wildman–Crippen LogP) is 2.91. The lowest BCUT2D eigenvalue weighted by molar-refractivity contribution is 0.0739. The molecular weight excluding hydrogens is 406 g/mol. The molecule has 0 spiro atoms. The fourth-order valence-corrected chi connectivity index (χ4v) is 4.07. The Kier molecular flexibility index (Phi) is 5.05. The van der Waals surface area contributed by atoms with Gasteiger partial charge < -0.3 is 25.4 Å². The van der Waals surface area contributed by atoms with Crippen LogP contribution in [0.15, 0.2) is 30.7 Å². The van der Waals surface area contributed by atoms with Crippen LogP contribution in [-0.2, 0) is 18.6 Å². The van der Waals surface area contributed by atoms with Gasteiger partial charge in [0.15, 0.2) is 0 Å². The summed E-state index contributed by atoms with van der Waals surface area (Å²) in [5.41, 5.74) is 5.70. The van der Waals surface area contributed by atoms with Crippen molar-refractivity contribution in [2.24, 2.45) is 0 Å². The van der Waals surface area contributed by atoms with Crippen molar-refractivity contribution < 1.29 is 9.84 Å². The molecular formula is C23H27N7O2. The van der Waals surface area contributed by atoms with E-state index < -0.39 is 5.60 Å². The van der Waals surface area contributed by atoms with Gasteiger partial charge in [0.1, 0.15) is 17.9 Å². The van der Waals surface area contributed by atoms with Crippen LogP contribution >= 0.6 is 0 Å². The van der Waals surface area contributed by atoms with Crippen LogP contribution in [0.1, 0.15) is 36.4 Å². The highest BCUT2D eigenvalue weighted by Crippen LogP contribution is 2.36.